The molecule has 0 unspecified atom stereocenters. The second kappa shape index (κ2) is 13.1. The highest BCUT2D eigenvalue weighted by atomic mass is 35.5. The molecule has 0 spiro atoms. The van der Waals surface area contributed by atoms with Gasteiger partial charge in [0.15, 0.2) is 11.6 Å². The summed E-state index contributed by atoms with van der Waals surface area (Å²) in [5, 5.41) is 1.33. The molecule has 0 bridgehead atoms. The molecular formula is C43H44Cl2O2S. The van der Waals surface area contributed by atoms with E-state index in [1.165, 1.54) is 0 Å². The van der Waals surface area contributed by atoms with Crippen molar-refractivity contribution >= 4 is 57.3 Å². The van der Waals surface area contributed by atoms with Gasteiger partial charge in [-0.2, -0.15) is 0 Å². The van der Waals surface area contributed by atoms with Gasteiger partial charge in [-0.15, -0.1) is 11.3 Å². The number of hydrogen-bond donors (Lipinski definition) is 0. The van der Waals surface area contributed by atoms with Gasteiger partial charge in [-0.1, -0.05) is 110 Å². The van der Waals surface area contributed by atoms with Crippen LogP contribution in [0.15, 0.2) is 118 Å². The lowest BCUT2D eigenvalue weighted by atomic mass is 9.71. The van der Waals surface area contributed by atoms with E-state index in [1.54, 1.807) is 11.3 Å². The number of benzene rings is 2. The Morgan fingerprint density at radius 2 is 0.833 bits per heavy atom. The summed E-state index contributed by atoms with van der Waals surface area (Å²) >= 11 is 14.4. The second-order valence-corrected chi connectivity index (χ2v) is 17.7. The van der Waals surface area contributed by atoms with E-state index in [4.69, 9.17) is 23.2 Å². The molecule has 248 valence electrons. The average Bonchev–Trinajstić information content (AvgIpc) is 3.45. The van der Waals surface area contributed by atoms with Crippen molar-refractivity contribution in [3.05, 3.63) is 149 Å². The van der Waals surface area contributed by atoms with E-state index in [1.807, 2.05) is 61.5 Å². The Kier molecular flexibility index (Phi) is 9.76. The fourth-order valence-corrected chi connectivity index (χ4v) is 7.54. The van der Waals surface area contributed by atoms with Gasteiger partial charge in [0.2, 0.25) is 0 Å². The van der Waals surface area contributed by atoms with Crippen LogP contribution in [0.1, 0.15) is 90.1 Å². The molecule has 3 aromatic rings. The predicted octanol–water partition coefficient (Wildman–Crippen LogP) is 12.7. The van der Waals surface area contributed by atoms with E-state index in [9.17, 15) is 9.59 Å². The molecule has 0 N–H and O–H groups in total. The fraction of sp³-hybridized carbons (Fsp3) is 0.302. The monoisotopic (exact) mass is 694 g/mol. The molecule has 2 nitrogen and oxygen atoms in total. The lowest BCUT2D eigenvalue weighted by Gasteiger charge is -2.32. The Morgan fingerprint density at radius 1 is 0.500 bits per heavy atom. The summed E-state index contributed by atoms with van der Waals surface area (Å²) in [5.41, 5.74) is 8.18. The van der Waals surface area contributed by atoms with Crippen LogP contribution in [0.3, 0.4) is 0 Å². The number of rotatable bonds is 4. The molecular weight excluding hydrogens is 651 g/mol. The minimum atomic E-state index is -0.343. The number of ketones is 2. The third-order valence-corrected chi connectivity index (χ3v) is 10.4. The van der Waals surface area contributed by atoms with Gasteiger partial charge in [-0.05, 0) is 112 Å². The van der Waals surface area contributed by atoms with E-state index < -0.39 is 0 Å². The molecule has 2 aromatic carbocycles. The normalized spacial score (nSPS) is 17.1. The maximum absolute atomic E-state index is 13.9. The van der Waals surface area contributed by atoms with Crippen LogP contribution in [0.25, 0.3) is 11.1 Å². The van der Waals surface area contributed by atoms with Crippen molar-refractivity contribution in [3.63, 3.8) is 0 Å². The highest BCUT2D eigenvalue weighted by Gasteiger charge is 2.35. The third-order valence-electron chi connectivity index (χ3n) is 8.73. The summed E-state index contributed by atoms with van der Waals surface area (Å²) in [7, 11) is 0. The van der Waals surface area contributed by atoms with Crippen LogP contribution in [-0.4, -0.2) is 11.6 Å². The number of allylic oxidation sites excluding steroid dienone is 10. The van der Waals surface area contributed by atoms with Crippen LogP contribution in [0, 0.1) is 16.2 Å². The van der Waals surface area contributed by atoms with Crippen LogP contribution in [0.4, 0.5) is 0 Å². The zero-order valence-corrected chi connectivity index (χ0v) is 31.9. The Balaban J connectivity index is 1.83. The van der Waals surface area contributed by atoms with Gasteiger partial charge in [0.25, 0.3) is 0 Å². The molecule has 2 aliphatic carbocycles. The van der Waals surface area contributed by atoms with Crippen molar-refractivity contribution in [2.45, 2.75) is 69.2 Å². The van der Waals surface area contributed by atoms with Crippen molar-refractivity contribution in [2.75, 3.05) is 0 Å². The molecule has 5 heteroatoms. The lowest BCUT2D eigenvalue weighted by Crippen LogP contribution is -2.28. The van der Waals surface area contributed by atoms with Crippen molar-refractivity contribution < 1.29 is 9.59 Å². The standard InChI is InChI=1S/C43H44Cl2O2S/c1-25-21-28(22-32(39(25)46)41(2,3)4)37(26-11-15-30(44)16-12-26)35-19-20-36(48-35)38(27-13-17-31(45)18-14-27)29-23-33(42(5,6)7)40(47)34(24-29)43(8,9)10/h11-24H,1-10H3. The second-order valence-electron chi connectivity index (χ2n) is 15.7. The number of thiophene rings is 1. The highest BCUT2D eigenvalue weighted by molar-refractivity contribution is 7.14. The first-order valence-electron chi connectivity index (χ1n) is 16.3. The molecule has 48 heavy (non-hydrogen) atoms. The maximum Gasteiger partial charge on any atom is 0.186 e. The van der Waals surface area contributed by atoms with Crippen LogP contribution in [0.2, 0.25) is 10.0 Å². The number of carbonyl (C=O) groups excluding carboxylic acids is 2. The number of hydrogen-bond acceptors (Lipinski definition) is 3. The quantitative estimate of drug-likeness (QED) is 0.272. The van der Waals surface area contributed by atoms with Crippen molar-refractivity contribution in [3.8, 4) is 0 Å². The molecule has 0 amide bonds. The molecule has 0 radical (unpaired) electrons. The first-order chi connectivity index (χ1) is 22.3. The van der Waals surface area contributed by atoms with Crippen molar-refractivity contribution in [1.82, 2.24) is 0 Å². The van der Waals surface area contributed by atoms with Crippen LogP contribution >= 0.6 is 34.5 Å². The van der Waals surface area contributed by atoms with E-state index in [-0.39, 0.29) is 27.8 Å². The minimum Gasteiger partial charge on any atom is -0.289 e. The van der Waals surface area contributed by atoms with Gasteiger partial charge in [0.1, 0.15) is 0 Å². The molecule has 0 saturated heterocycles. The Labute approximate surface area is 300 Å². The largest absolute Gasteiger partial charge is 0.289 e. The highest BCUT2D eigenvalue weighted by Crippen LogP contribution is 2.45. The van der Waals surface area contributed by atoms with Crippen LogP contribution < -0.4 is 0 Å². The van der Waals surface area contributed by atoms with E-state index in [0.717, 1.165) is 65.5 Å². The molecule has 5 rings (SSSR count). The Morgan fingerprint density at radius 3 is 1.19 bits per heavy atom. The maximum atomic E-state index is 13.9. The summed E-state index contributed by atoms with van der Waals surface area (Å²) < 4.78 is 0. The first kappa shape index (κ1) is 35.8. The lowest BCUT2D eigenvalue weighted by molar-refractivity contribution is -0.114. The summed E-state index contributed by atoms with van der Waals surface area (Å²) in [4.78, 5) is 29.3. The van der Waals surface area contributed by atoms with Crippen LogP contribution in [-0.2, 0) is 9.59 Å². The smallest absolute Gasteiger partial charge is 0.186 e. The summed E-state index contributed by atoms with van der Waals surface area (Å²) in [6, 6.07) is 20.1. The van der Waals surface area contributed by atoms with Gasteiger partial charge in [-0.3, -0.25) is 9.59 Å². The summed E-state index contributed by atoms with van der Waals surface area (Å²) in [6.07, 6.45) is 8.22. The van der Waals surface area contributed by atoms with Crippen molar-refractivity contribution in [1.29, 1.82) is 0 Å². The van der Waals surface area contributed by atoms with E-state index in [0.29, 0.717) is 10.0 Å². The molecule has 1 aromatic heterocycles. The van der Waals surface area contributed by atoms with E-state index in [2.05, 4.69) is 92.7 Å². The van der Waals surface area contributed by atoms with Gasteiger partial charge in [0, 0.05) is 47.7 Å². The average molecular weight is 696 g/mol. The topological polar surface area (TPSA) is 34.1 Å². The Bertz CT molecular complexity index is 1950. The molecule has 0 fully saturated rings. The van der Waals surface area contributed by atoms with Gasteiger partial charge >= 0.3 is 0 Å². The fourth-order valence-electron chi connectivity index (χ4n) is 6.10. The Hall–Kier alpha value is -3.50. The van der Waals surface area contributed by atoms with E-state index >= 15 is 0 Å². The molecule has 0 atom stereocenters. The summed E-state index contributed by atoms with van der Waals surface area (Å²) in [6.45, 7) is 20.7. The number of Topliss-reactive ketones (excluding diaryl/α,β-unsaturated/α-hetero) is 2. The minimum absolute atomic E-state index is 0.0815. The number of halogens is 2. The molecule has 0 saturated carbocycles. The molecule has 2 aliphatic rings. The molecule has 0 aliphatic heterocycles. The third kappa shape index (κ3) is 7.39. The number of carbonyl (C=O) groups is 2. The molecule has 1 heterocycles. The zero-order chi connectivity index (χ0) is 35.3. The van der Waals surface area contributed by atoms with Gasteiger partial charge in [0.05, 0.1) is 0 Å². The van der Waals surface area contributed by atoms with Gasteiger partial charge in [-0.25, -0.2) is 0 Å². The predicted molar refractivity (Wildman–Crippen MR) is 206 cm³/mol. The van der Waals surface area contributed by atoms with Crippen LogP contribution in [0.5, 0.6) is 0 Å². The van der Waals surface area contributed by atoms with Crippen molar-refractivity contribution in [2.24, 2.45) is 16.2 Å². The SMILES string of the molecule is CC1=CC(=C(c2ccc(Cl)cc2)c2ccc(C(=C3C=C(C(C)(C)C)C(=O)C(C(C)(C)C)=C3)c3ccc(Cl)cc3)s2)C=C(C(C)(C)C)C1=O. The van der Waals surface area contributed by atoms with Gasteiger partial charge < -0.3 is 0 Å². The first-order valence-corrected chi connectivity index (χ1v) is 17.9. The summed E-state index contributed by atoms with van der Waals surface area (Å²) in [5.74, 6) is 0.185. The zero-order valence-electron chi connectivity index (χ0n) is 29.6.